The highest BCUT2D eigenvalue weighted by atomic mass is 35.5. The highest BCUT2D eigenvalue weighted by Gasteiger charge is 2.32. The lowest BCUT2D eigenvalue weighted by Gasteiger charge is -2.09. The minimum Gasteiger partial charge on any atom is -0.462 e. The lowest BCUT2D eigenvalue weighted by atomic mass is 10.1. The molecule has 0 saturated heterocycles. The molecule has 1 heterocycles. The number of alkyl halides is 1. The minimum absolute atomic E-state index is 0.0601. The van der Waals surface area contributed by atoms with E-state index in [1.807, 2.05) is 5.38 Å². The number of rotatable bonds is 8. The molecule has 0 aromatic carbocycles. The monoisotopic (exact) mass is 351 g/mol. The number of thiophene rings is 1. The number of sulfonamides is 1. The van der Waals surface area contributed by atoms with Crippen molar-refractivity contribution < 1.29 is 17.9 Å². The summed E-state index contributed by atoms with van der Waals surface area (Å²) in [5.74, 6) is 0.108. The van der Waals surface area contributed by atoms with Crippen LogP contribution in [0.15, 0.2) is 5.38 Å². The Labute approximate surface area is 133 Å². The molecule has 5 nitrogen and oxygen atoms in total. The fourth-order valence-electron chi connectivity index (χ4n) is 1.99. The summed E-state index contributed by atoms with van der Waals surface area (Å²) < 4.78 is 31.5. The fraction of sp³-hybridized carbons (Fsp3) is 0.615. The van der Waals surface area contributed by atoms with Gasteiger partial charge in [0, 0.05) is 5.88 Å². The number of hydrogen-bond donors (Lipinski definition) is 1. The number of anilines is 1. The summed E-state index contributed by atoms with van der Waals surface area (Å²) >= 11 is 6.76. The quantitative estimate of drug-likeness (QED) is 0.576. The topological polar surface area (TPSA) is 72.5 Å². The Morgan fingerprint density at radius 2 is 2.24 bits per heavy atom. The fourth-order valence-corrected chi connectivity index (χ4v) is 4.74. The van der Waals surface area contributed by atoms with Gasteiger partial charge in [0.2, 0.25) is 10.0 Å². The standard InChI is InChI=1S/C13H18ClNO4S2/c1-2-19-13(16)11-10(9-4-5-9)8-20-12(11)15-21(17,18)7-3-6-14/h8-9,15H,2-7H2,1H3. The van der Waals surface area contributed by atoms with Gasteiger partial charge in [-0.2, -0.15) is 0 Å². The normalized spacial score (nSPS) is 15.0. The Hall–Kier alpha value is -0.790. The molecule has 0 unspecified atom stereocenters. The van der Waals surface area contributed by atoms with Crippen molar-refractivity contribution in [3.05, 3.63) is 16.5 Å². The van der Waals surface area contributed by atoms with Crippen LogP contribution in [0.2, 0.25) is 0 Å². The molecule has 0 radical (unpaired) electrons. The predicted octanol–water partition coefficient (Wildman–Crippen LogP) is 3.17. The molecule has 0 aliphatic heterocycles. The van der Waals surface area contributed by atoms with Crippen molar-refractivity contribution in [2.45, 2.75) is 32.1 Å². The van der Waals surface area contributed by atoms with Gasteiger partial charge in [0.1, 0.15) is 5.00 Å². The molecule has 1 fully saturated rings. The van der Waals surface area contributed by atoms with Crippen molar-refractivity contribution in [1.82, 2.24) is 0 Å². The summed E-state index contributed by atoms with van der Waals surface area (Å²) in [5, 5.41) is 2.20. The Morgan fingerprint density at radius 1 is 1.52 bits per heavy atom. The third-order valence-electron chi connectivity index (χ3n) is 3.11. The van der Waals surface area contributed by atoms with Crippen molar-refractivity contribution >= 4 is 43.9 Å². The maximum absolute atomic E-state index is 12.1. The number of carbonyl (C=O) groups excluding carboxylic acids is 1. The van der Waals surface area contributed by atoms with Crippen molar-refractivity contribution in [3.63, 3.8) is 0 Å². The van der Waals surface area contributed by atoms with E-state index in [4.69, 9.17) is 16.3 Å². The summed E-state index contributed by atoms with van der Waals surface area (Å²) in [4.78, 5) is 12.1. The van der Waals surface area contributed by atoms with Crippen molar-refractivity contribution in [3.8, 4) is 0 Å². The molecule has 0 bridgehead atoms. The molecule has 2 rings (SSSR count). The van der Waals surface area contributed by atoms with Crippen molar-refractivity contribution in [2.24, 2.45) is 0 Å². The van der Waals surface area contributed by atoms with E-state index in [9.17, 15) is 13.2 Å². The highest BCUT2D eigenvalue weighted by molar-refractivity contribution is 7.92. The third kappa shape index (κ3) is 4.34. The second kappa shape index (κ2) is 6.98. The zero-order valence-electron chi connectivity index (χ0n) is 11.7. The number of halogens is 1. The number of esters is 1. The van der Waals surface area contributed by atoms with Crippen LogP contribution in [0.5, 0.6) is 0 Å². The summed E-state index contributed by atoms with van der Waals surface area (Å²) in [6, 6.07) is 0. The lowest BCUT2D eigenvalue weighted by Crippen LogP contribution is -2.18. The molecule has 21 heavy (non-hydrogen) atoms. The zero-order chi connectivity index (χ0) is 15.5. The molecule has 1 saturated carbocycles. The van der Waals surface area contributed by atoms with Gasteiger partial charge in [-0.1, -0.05) is 0 Å². The molecule has 1 N–H and O–H groups in total. The molecule has 0 amide bonds. The van der Waals surface area contributed by atoms with Crippen LogP contribution >= 0.6 is 22.9 Å². The smallest absolute Gasteiger partial charge is 0.341 e. The van der Waals surface area contributed by atoms with Gasteiger partial charge in [-0.05, 0) is 43.0 Å². The molecule has 0 spiro atoms. The maximum atomic E-state index is 12.1. The highest BCUT2D eigenvalue weighted by Crippen LogP contribution is 2.46. The summed E-state index contributed by atoms with van der Waals surface area (Å²) in [6.07, 6.45) is 2.43. The second-order valence-electron chi connectivity index (χ2n) is 4.85. The summed E-state index contributed by atoms with van der Waals surface area (Å²) in [6.45, 7) is 1.99. The van der Waals surface area contributed by atoms with Gasteiger partial charge < -0.3 is 4.74 Å². The van der Waals surface area contributed by atoms with Gasteiger partial charge >= 0.3 is 5.97 Å². The molecule has 1 aromatic heterocycles. The predicted molar refractivity (Wildman–Crippen MR) is 85.0 cm³/mol. The molecular formula is C13H18ClNO4S2. The van der Waals surface area contributed by atoms with Gasteiger partial charge in [0.05, 0.1) is 17.9 Å². The first-order valence-electron chi connectivity index (χ1n) is 6.83. The minimum atomic E-state index is -3.49. The molecule has 118 valence electrons. The van der Waals surface area contributed by atoms with Gasteiger partial charge in [0.15, 0.2) is 0 Å². The van der Waals surface area contributed by atoms with Crippen LogP contribution in [0, 0.1) is 0 Å². The van der Waals surface area contributed by atoms with Crippen molar-refractivity contribution in [2.75, 3.05) is 23.0 Å². The molecule has 8 heteroatoms. The second-order valence-corrected chi connectivity index (χ2v) is 7.95. The van der Waals surface area contributed by atoms with E-state index in [1.54, 1.807) is 6.92 Å². The van der Waals surface area contributed by atoms with Gasteiger partial charge in [0.25, 0.3) is 0 Å². The first kappa shape index (κ1) is 16.6. The van der Waals surface area contributed by atoms with E-state index >= 15 is 0 Å². The summed E-state index contributed by atoms with van der Waals surface area (Å²) in [5.41, 5.74) is 1.27. The number of carbonyl (C=O) groups is 1. The van der Waals surface area contributed by atoms with Crippen molar-refractivity contribution in [1.29, 1.82) is 0 Å². The van der Waals surface area contributed by atoms with Crippen LogP contribution in [-0.2, 0) is 14.8 Å². The van der Waals surface area contributed by atoms with Gasteiger partial charge in [-0.15, -0.1) is 22.9 Å². The third-order valence-corrected chi connectivity index (χ3v) is 5.76. The molecular weight excluding hydrogens is 334 g/mol. The summed E-state index contributed by atoms with van der Waals surface area (Å²) in [7, 11) is -3.49. The van der Waals surface area contributed by atoms with Gasteiger partial charge in [-0.3, -0.25) is 4.72 Å². The van der Waals surface area contributed by atoms with E-state index in [0.717, 1.165) is 18.4 Å². The first-order chi connectivity index (χ1) is 9.98. The Bertz CT molecular complexity index is 608. The molecule has 1 aromatic rings. The lowest BCUT2D eigenvalue weighted by molar-refractivity contribution is 0.0527. The Kier molecular flexibility index (Phi) is 5.51. The maximum Gasteiger partial charge on any atom is 0.341 e. The molecule has 1 aliphatic carbocycles. The van der Waals surface area contributed by atoms with Crippen LogP contribution < -0.4 is 4.72 Å². The average molecular weight is 352 g/mol. The van der Waals surface area contributed by atoms with Crippen LogP contribution in [0.4, 0.5) is 5.00 Å². The largest absolute Gasteiger partial charge is 0.462 e. The van der Waals surface area contributed by atoms with E-state index in [-0.39, 0.29) is 18.2 Å². The van der Waals surface area contributed by atoms with Crippen LogP contribution in [-0.4, -0.2) is 32.6 Å². The van der Waals surface area contributed by atoms with Gasteiger partial charge in [-0.25, -0.2) is 13.2 Å². The van der Waals surface area contributed by atoms with E-state index < -0.39 is 16.0 Å². The number of ether oxygens (including phenoxy) is 1. The van der Waals surface area contributed by atoms with E-state index in [1.165, 1.54) is 11.3 Å². The first-order valence-corrected chi connectivity index (χ1v) is 9.90. The van der Waals surface area contributed by atoms with E-state index in [0.29, 0.717) is 22.9 Å². The number of hydrogen-bond acceptors (Lipinski definition) is 5. The Morgan fingerprint density at radius 3 is 2.81 bits per heavy atom. The van der Waals surface area contributed by atoms with Crippen LogP contribution in [0.1, 0.15) is 48.0 Å². The number of nitrogens with one attached hydrogen (secondary N) is 1. The molecule has 0 atom stereocenters. The zero-order valence-corrected chi connectivity index (χ0v) is 14.1. The van der Waals surface area contributed by atoms with E-state index in [2.05, 4.69) is 4.72 Å². The Balaban J connectivity index is 2.24. The average Bonchev–Trinajstić information content (AvgIpc) is 3.18. The van der Waals surface area contributed by atoms with Crippen LogP contribution in [0.3, 0.4) is 0 Å². The molecule has 1 aliphatic rings. The SMILES string of the molecule is CCOC(=O)c1c(C2CC2)csc1NS(=O)(=O)CCCCl. The van der Waals surface area contributed by atoms with Crippen LogP contribution in [0.25, 0.3) is 0 Å².